The van der Waals surface area contributed by atoms with Crippen molar-refractivity contribution in [2.75, 3.05) is 20.2 Å². The van der Waals surface area contributed by atoms with Crippen molar-refractivity contribution in [3.05, 3.63) is 0 Å². The molecule has 0 N–H and O–H groups in total. The standard InChI is InChI=1S/C13H21NO3/c1-3-17-12(15)4-5-14(2)13(16)11-7-9-6-10(9)8-11/h9-11H,3-8H2,1-2H3. The first-order valence-corrected chi connectivity index (χ1v) is 6.52. The number of rotatable bonds is 5. The van der Waals surface area contributed by atoms with Crippen LogP contribution in [0, 0.1) is 17.8 Å². The molecule has 0 spiro atoms. The molecule has 1 amide bonds. The number of esters is 1. The molecular formula is C13H21NO3. The van der Waals surface area contributed by atoms with Crippen molar-refractivity contribution in [3.8, 4) is 0 Å². The molecule has 0 saturated heterocycles. The Kier molecular flexibility index (Phi) is 3.69. The summed E-state index contributed by atoms with van der Waals surface area (Å²) in [7, 11) is 1.78. The molecule has 0 aromatic carbocycles. The molecule has 0 bridgehead atoms. The minimum atomic E-state index is -0.221. The predicted molar refractivity (Wildman–Crippen MR) is 63.2 cm³/mol. The van der Waals surface area contributed by atoms with Crippen molar-refractivity contribution in [1.82, 2.24) is 4.90 Å². The molecule has 2 unspecified atom stereocenters. The number of nitrogens with zero attached hydrogens (tertiary/aromatic N) is 1. The molecule has 2 aliphatic rings. The minimum Gasteiger partial charge on any atom is -0.466 e. The van der Waals surface area contributed by atoms with Gasteiger partial charge in [-0.2, -0.15) is 0 Å². The SMILES string of the molecule is CCOC(=O)CCN(C)C(=O)C1CC2CC2C1. The van der Waals surface area contributed by atoms with E-state index in [-0.39, 0.29) is 17.8 Å². The van der Waals surface area contributed by atoms with Crippen LogP contribution in [0.5, 0.6) is 0 Å². The highest BCUT2D eigenvalue weighted by atomic mass is 16.5. The minimum absolute atomic E-state index is 0.210. The van der Waals surface area contributed by atoms with E-state index >= 15 is 0 Å². The van der Waals surface area contributed by atoms with Crippen LogP contribution in [-0.2, 0) is 14.3 Å². The molecule has 96 valence electrons. The second kappa shape index (κ2) is 5.07. The van der Waals surface area contributed by atoms with Crippen LogP contribution in [0.2, 0.25) is 0 Å². The number of carbonyl (C=O) groups is 2. The van der Waals surface area contributed by atoms with Crippen LogP contribution in [0.25, 0.3) is 0 Å². The summed E-state index contributed by atoms with van der Waals surface area (Å²) in [5.74, 6) is 1.85. The van der Waals surface area contributed by atoms with Crippen LogP contribution in [0.4, 0.5) is 0 Å². The third-order valence-electron chi connectivity index (χ3n) is 3.93. The van der Waals surface area contributed by atoms with E-state index in [2.05, 4.69) is 0 Å². The molecule has 2 saturated carbocycles. The highest BCUT2D eigenvalue weighted by Gasteiger charge is 2.48. The number of fused-ring (bicyclic) bond motifs is 1. The van der Waals surface area contributed by atoms with Gasteiger partial charge in [-0.25, -0.2) is 0 Å². The maximum Gasteiger partial charge on any atom is 0.307 e. The Morgan fingerprint density at radius 1 is 1.24 bits per heavy atom. The van der Waals surface area contributed by atoms with E-state index in [1.807, 2.05) is 0 Å². The average molecular weight is 239 g/mol. The summed E-state index contributed by atoms with van der Waals surface area (Å²) in [5, 5.41) is 0. The highest BCUT2D eigenvalue weighted by Crippen LogP contribution is 2.54. The van der Waals surface area contributed by atoms with Crippen LogP contribution < -0.4 is 0 Å². The molecule has 0 heterocycles. The normalized spacial score (nSPS) is 29.6. The van der Waals surface area contributed by atoms with Gasteiger partial charge in [-0.15, -0.1) is 0 Å². The van der Waals surface area contributed by atoms with Crippen LogP contribution in [0.3, 0.4) is 0 Å². The first-order valence-electron chi connectivity index (χ1n) is 6.52. The lowest BCUT2D eigenvalue weighted by atomic mass is 10.0. The summed E-state index contributed by atoms with van der Waals surface area (Å²) in [6.45, 7) is 2.67. The van der Waals surface area contributed by atoms with Crippen LogP contribution >= 0.6 is 0 Å². The molecule has 17 heavy (non-hydrogen) atoms. The largest absolute Gasteiger partial charge is 0.466 e. The van der Waals surface area contributed by atoms with Crippen molar-refractivity contribution >= 4 is 11.9 Å². The van der Waals surface area contributed by atoms with E-state index in [9.17, 15) is 9.59 Å². The van der Waals surface area contributed by atoms with Crippen molar-refractivity contribution in [1.29, 1.82) is 0 Å². The van der Waals surface area contributed by atoms with Gasteiger partial charge in [0.05, 0.1) is 13.0 Å². The molecule has 0 aromatic rings. The fourth-order valence-electron chi connectivity index (χ4n) is 2.83. The van der Waals surface area contributed by atoms with Crippen molar-refractivity contribution in [2.45, 2.75) is 32.6 Å². The number of ether oxygens (including phenoxy) is 1. The summed E-state index contributed by atoms with van der Waals surface area (Å²) >= 11 is 0. The summed E-state index contributed by atoms with van der Waals surface area (Å²) in [6.07, 6.45) is 3.76. The summed E-state index contributed by atoms with van der Waals surface area (Å²) in [4.78, 5) is 24.9. The van der Waals surface area contributed by atoms with Gasteiger partial charge >= 0.3 is 5.97 Å². The number of carbonyl (C=O) groups excluding carboxylic acids is 2. The summed E-state index contributed by atoms with van der Waals surface area (Å²) < 4.78 is 4.84. The molecule has 2 rings (SSSR count). The Balaban J connectivity index is 1.70. The lowest BCUT2D eigenvalue weighted by Gasteiger charge is -2.21. The van der Waals surface area contributed by atoms with Crippen molar-refractivity contribution in [2.24, 2.45) is 17.8 Å². The third-order valence-corrected chi connectivity index (χ3v) is 3.93. The lowest BCUT2D eigenvalue weighted by molar-refractivity contribution is -0.144. The van der Waals surface area contributed by atoms with E-state index in [0.29, 0.717) is 19.6 Å². The Morgan fingerprint density at radius 3 is 2.47 bits per heavy atom. The first-order chi connectivity index (χ1) is 8.11. The zero-order valence-electron chi connectivity index (χ0n) is 10.6. The van der Waals surface area contributed by atoms with Gasteiger partial charge in [0.15, 0.2) is 0 Å². The summed E-state index contributed by atoms with van der Waals surface area (Å²) in [5.41, 5.74) is 0. The molecule has 2 aliphatic carbocycles. The van der Waals surface area contributed by atoms with Gasteiger partial charge in [0.2, 0.25) is 5.91 Å². The van der Waals surface area contributed by atoms with Crippen LogP contribution in [0.1, 0.15) is 32.6 Å². The highest BCUT2D eigenvalue weighted by molar-refractivity contribution is 5.80. The zero-order chi connectivity index (χ0) is 12.4. The van der Waals surface area contributed by atoms with Gasteiger partial charge in [0, 0.05) is 19.5 Å². The smallest absolute Gasteiger partial charge is 0.307 e. The molecule has 4 nitrogen and oxygen atoms in total. The first kappa shape index (κ1) is 12.4. The Hall–Kier alpha value is -1.06. The van der Waals surface area contributed by atoms with E-state index in [0.717, 1.165) is 24.7 Å². The molecular weight excluding hydrogens is 218 g/mol. The Labute approximate surface area is 102 Å². The van der Waals surface area contributed by atoms with Gasteiger partial charge in [-0.1, -0.05) is 0 Å². The number of hydrogen-bond acceptors (Lipinski definition) is 3. The number of hydrogen-bond donors (Lipinski definition) is 0. The second-order valence-corrected chi connectivity index (χ2v) is 5.24. The molecule has 2 fully saturated rings. The fraction of sp³-hybridized carbons (Fsp3) is 0.846. The topological polar surface area (TPSA) is 46.6 Å². The number of amides is 1. The Morgan fingerprint density at radius 2 is 1.88 bits per heavy atom. The molecule has 4 heteroatoms. The zero-order valence-corrected chi connectivity index (χ0v) is 10.6. The molecule has 2 atom stereocenters. The van der Waals surface area contributed by atoms with Gasteiger partial charge in [0.1, 0.15) is 0 Å². The fourth-order valence-corrected chi connectivity index (χ4v) is 2.83. The van der Waals surface area contributed by atoms with E-state index < -0.39 is 0 Å². The van der Waals surface area contributed by atoms with Gasteiger partial charge in [-0.05, 0) is 38.0 Å². The van der Waals surface area contributed by atoms with Gasteiger partial charge in [-0.3, -0.25) is 9.59 Å². The van der Waals surface area contributed by atoms with Gasteiger partial charge < -0.3 is 9.64 Å². The lowest BCUT2D eigenvalue weighted by Crippen LogP contribution is -2.34. The van der Waals surface area contributed by atoms with Crippen LogP contribution in [0.15, 0.2) is 0 Å². The van der Waals surface area contributed by atoms with Crippen LogP contribution in [-0.4, -0.2) is 37.0 Å². The summed E-state index contributed by atoms with van der Waals surface area (Å²) in [6, 6.07) is 0. The van der Waals surface area contributed by atoms with E-state index in [1.165, 1.54) is 6.42 Å². The maximum absolute atomic E-state index is 12.1. The van der Waals surface area contributed by atoms with E-state index in [4.69, 9.17) is 4.74 Å². The quantitative estimate of drug-likeness (QED) is 0.682. The van der Waals surface area contributed by atoms with Crippen molar-refractivity contribution < 1.29 is 14.3 Å². The average Bonchev–Trinajstić information content (AvgIpc) is 2.92. The molecule has 0 aliphatic heterocycles. The van der Waals surface area contributed by atoms with Crippen molar-refractivity contribution in [3.63, 3.8) is 0 Å². The predicted octanol–water partition coefficient (Wildman–Crippen LogP) is 1.44. The van der Waals surface area contributed by atoms with Gasteiger partial charge in [0.25, 0.3) is 0 Å². The third kappa shape index (κ3) is 2.99. The monoisotopic (exact) mass is 239 g/mol. The molecule has 0 radical (unpaired) electrons. The molecule has 0 aromatic heterocycles. The maximum atomic E-state index is 12.1. The Bertz CT molecular complexity index is 306. The van der Waals surface area contributed by atoms with E-state index in [1.54, 1.807) is 18.9 Å². The second-order valence-electron chi connectivity index (χ2n) is 5.24.